The van der Waals surface area contributed by atoms with Crippen LogP contribution in [0.25, 0.3) is 5.69 Å². The fraction of sp³-hybridized carbons (Fsp3) is 0.158. The first-order valence-electron chi connectivity index (χ1n) is 8.14. The summed E-state index contributed by atoms with van der Waals surface area (Å²) in [5.41, 5.74) is 2.27. The molecule has 2 heterocycles. The Morgan fingerprint density at radius 2 is 2.19 bits per heavy atom. The van der Waals surface area contributed by atoms with Crippen LogP contribution in [0.2, 0.25) is 5.02 Å². The zero-order valence-corrected chi connectivity index (χ0v) is 16.0. The standard InChI is InChI=1S/C19H15BrClN3O2/c20-13-4-5-18-16(8-13)17(6-7-26-18)23-19(25)12-10-22-24(11-12)15-3-1-2-14(21)9-15/h1-5,8-11,17H,6-7H2,(H,23,25). The third kappa shape index (κ3) is 3.48. The lowest BCUT2D eigenvalue weighted by atomic mass is 10.0. The minimum absolute atomic E-state index is 0.0988. The van der Waals surface area contributed by atoms with Crippen molar-refractivity contribution >= 4 is 33.4 Å². The van der Waals surface area contributed by atoms with Crippen LogP contribution in [0.4, 0.5) is 0 Å². The van der Waals surface area contributed by atoms with Gasteiger partial charge in [-0.1, -0.05) is 33.6 Å². The van der Waals surface area contributed by atoms with Crippen molar-refractivity contribution in [2.75, 3.05) is 6.61 Å². The maximum absolute atomic E-state index is 12.7. The topological polar surface area (TPSA) is 56.1 Å². The molecule has 1 amide bonds. The van der Waals surface area contributed by atoms with Gasteiger partial charge in [-0.15, -0.1) is 0 Å². The van der Waals surface area contributed by atoms with E-state index in [9.17, 15) is 4.79 Å². The Kier molecular flexibility index (Phi) is 4.70. The van der Waals surface area contributed by atoms with E-state index in [4.69, 9.17) is 16.3 Å². The number of amides is 1. The number of carbonyl (C=O) groups is 1. The SMILES string of the molecule is O=C(NC1CCOc2ccc(Br)cc21)c1cnn(-c2cccc(Cl)c2)c1. The number of nitrogens with zero attached hydrogens (tertiary/aromatic N) is 2. The summed E-state index contributed by atoms with van der Waals surface area (Å²) in [7, 11) is 0. The largest absolute Gasteiger partial charge is 0.493 e. The van der Waals surface area contributed by atoms with Gasteiger partial charge >= 0.3 is 0 Å². The fourth-order valence-electron chi connectivity index (χ4n) is 2.96. The first-order chi connectivity index (χ1) is 12.6. The Labute approximate surface area is 164 Å². The molecule has 0 aliphatic carbocycles. The number of ether oxygens (including phenoxy) is 1. The lowest BCUT2D eigenvalue weighted by Crippen LogP contribution is -2.32. The minimum atomic E-state index is -0.170. The molecule has 1 aliphatic rings. The molecule has 0 saturated carbocycles. The Balaban J connectivity index is 1.54. The van der Waals surface area contributed by atoms with E-state index in [1.807, 2.05) is 30.3 Å². The van der Waals surface area contributed by atoms with Crippen molar-refractivity contribution < 1.29 is 9.53 Å². The van der Waals surface area contributed by atoms with Gasteiger partial charge in [0.15, 0.2) is 0 Å². The number of hydrogen-bond acceptors (Lipinski definition) is 3. The van der Waals surface area contributed by atoms with Crippen LogP contribution in [-0.2, 0) is 0 Å². The molecule has 132 valence electrons. The molecule has 0 saturated heterocycles. The molecule has 2 aromatic carbocycles. The van der Waals surface area contributed by atoms with Crippen LogP contribution in [0, 0.1) is 0 Å². The molecule has 1 N–H and O–H groups in total. The number of fused-ring (bicyclic) bond motifs is 1. The number of hydrogen-bond donors (Lipinski definition) is 1. The molecule has 0 radical (unpaired) electrons. The maximum atomic E-state index is 12.7. The smallest absolute Gasteiger partial charge is 0.254 e. The first-order valence-corrected chi connectivity index (χ1v) is 9.31. The van der Waals surface area contributed by atoms with Gasteiger partial charge in [0.25, 0.3) is 5.91 Å². The molecule has 1 aromatic heterocycles. The number of carbonyl (C=O) groups excluding carboxylic acids is 1. The molecule has 1 atom stereocenters. The second kappa shape index (κ2) is 7.13. The molecule has 26 heavy (non-hydrogen) atoms. The number of rotatable bonds is 3. The molecular weight excluding hydrogens is 418 g/mol. The number of aromatic nitrogens is 2. The molecule has 1 unspecified atom stereocenters. The molecule has 4 rings (SSSR count). The maximum Gasteiger partial charge on any atom is 0.254 e. The Bertz CT molecular complexity index is 973. The molecular formula is C19H15BrClN3O2. The van der Waals surface area contributed by atoms with Gasteiger partial charge in [0.2, 0.25) is 0 Å². The van der Waals surface area contributed by atoms with Gasteiger partial charge < -0.3 is 10.1 Å². The fourth-order valence-corrected chi connectivity index (χ4v) is 3.52. The predicted molar refractivity (Wildman–Crippen MR) is 103 cm³/mol. The predicted octanol–water partition coefficient (Wildman–Crippen LogP) is 4.54. The Morgan fingerprint density at radius 3 is 3.04 bits per heavy atom. The highest BCUT2D eigenvalue weighted by molar-refractivity contribution is 9.10. The van der Waals surface area contributed by atoms with Gasteiger partial charge in [0, 0.05) is 27.7 Å². The van der Waals surface area contributed by atoms with E-state index >= 15 is 0 Å². The van der Waals surface area contributed by atoms with Crippen LogP contribution < -0.4 is 10.1 Å². The van der Waals surface area contributed by atoms with Crippen LogP contribution in [0.1, 0.15) is 28.4 Å². The number of benzene rings is 2. The average Bonchev–Trinajstić information content (AvgIpc) is 3.12. The van der Waals surface area contributed by atoms with Crippen LogP contribution in [-0.4, -0.2) is 22.3 Å². The highest BCUT2D eigenvalue weighted by Gasteiger charge is 2.24. The van der Waals surface area contributed by atoms with Crippen molar-refractivity contribution in [3.8, 4) is 11.4 Å². The molecule has 7 heteroatoms. The van der Waals surface area contributed by atoms with E-state index in [0.717, 1.165) is 27.9 Å². The zero-order valence-electron chi connectivity index (χ0n) is 13.7. The molecule has 5 nitrogen and oxygen atoms in total. The van der Waals surface area contributed by atoms with E-state index in [1.54, 1.807) is 29.2 Å². The quantitative estimate of drug-likeness (QED) is 0.661. The second-order valence-electron chi connectivity index (χ2n) is 6.00. The van der Waals surface area contributed by atoms with Gasteiger partial charge in [-0.05, 0) is 36.4 Å². The normalized spacial score (nSPS) is 15.8. The van der Waals surface area contributed by atoms with Gasteiger partial charge in [-0.25, -0.2) is 4.68 Å². The van der Waals surface area contributed by atoms with E-state index in [2.05, 4.69) is 26.3 Å². The van der Waals surface area contributed by atoms with E-state index < -0.39 is 0 Å². The van der Waals surface area contributed by atoms with Crippen molar-refractivity contribution in [1.29, 1.82) is 0 Å². The summed E-state index contributed by atoms with van der Waals surface area (Å²) in [5, 5.41) is 7.96. The lowest BCUT2D eigenvalue weighted by molar-refractivity contribution is 0.0925. The monoisotopic (exact) mass is 431 g/mol. The van der Waals surface area contributed by atoms with Crippen molar-refractivity contribution in [2.24, 2.45) is 0 Å². The first kappa shape index (κ1) is 17.1. The van der Waals surface area contributed by atoms with E-state index in [1.165, 1.54) is 0 Å². The van der Waals surface area contributed by atoms with Crippen molar-refractivity contribution in [3.05, 3.63) is 75.5 Å². The highest BCUT2D eigenvalue weighted by atomic mass is 79.9. The van der Waals surface area contributed by atoms with Gasteiger partial charge in [-0.2, -0.15) is 5.10 Å². The third-order valence-corrected chi connectivity index (χ3v) is 4.96. The van der Waals surface area contributed by atoms with Crippen molar-refractivity contribution in [2.45, 2.75) is 12.5 Å². The third-order valence-electron chi connectivity index (χ3n) is 4.23. The number of halogens is 2. The Hall–Kier alpha value is -2.31. The van der Waals surface area contributed by atoms with Gasteiger partial charge in [-0.3, -0.25) is 4.79 Å². The van der Waals surface area contributed by atoms with Gasteiger partial charge in [0.05, 0.1) is 30.1 Å². The average molecular weight is 433 g/mol. The summed E-state index contributed by atoms with van der Waals surface area (Å²) in [4.78, 5) is 12.7. The number of nitrogens with one attached hydrogen (secondary N) is 1. The summed E-state index contributed by atoms with van der Waals surface area (Å²) in [6, 6.07) is 13.0. The zero-order chi connectivity index (χ0) is 18.1. The van der Waals surface area contributed by atoms with Crippen LogP contribution >= 0.6 is 27.5 Å². The van der Waals surface area contributed by atoms with Gasteiger partial charge in [0.1, 0.15) is 5.75 Å². The molecule has 0 spiro atoms. The Morgan fingerprint density at radius 1 is 1.31 bits per heavy atom. The minimum Gasteiger partial charge on any atom is -0.493 e. The molecule has 0 bridgehead atoms. The summed E-state index contributed by atoms with van der Waals surface area (Å²) in [5.74, 6) is 0.635. The summed E-state index contributed by atoms with van der Waals surface area (Å²) < 4.78 is 8.26. The summed E-state index contributed by atoms with van der Waals surface area (Å²) >= 11 is 9.49. The molecule has 3 aromatic rings. The lowest BCUT2D eigenvalue weighted by Gasteiger charge is -2.26. The summed E-state index contributed by atoms with van der Waals surface area (Å²) in [6.45, 7) is 0.571. The van der Waals surface area contributed by atoms with Crippen LogP contribution in [0.5, 0.6) is 5.75 Å². The van der Waals surface area contributed by atoms with Crippen molar-refractivity contribution in [3.63, 3.8) is 0 Å². The summed E-state index contributed by atoms with van der Waals surface area (Å²) in [6.07, 6.45) is 3.97. The highest BCUT2D eigenvalue weighted by Crippen LogP contribution is 2.34. The molecule has 0 fully saturated rings. The van der Waals surface area contributed by atoms with Crippen LogP contribution in [0.15, 0.2) is 59.3 Å². The van der Waals surface area contributed by atoms with E-state index in [0.29, 0.717) is 17.2 Å². The van der Waals surface area contributed by atoms with E-state index in [-0.39, 0.29) is 11.9 Å². The second-order valence-corrected chi connectivity index (χ2v) is 7.35. The molecule has 1 aliphatic heterocycles. The van der Waals surface area contributed by atoms with Crippen molar-refractivity contribution in [1.82, 2.24) is 15.1 Å². The van der Waals surface area contributed by atoms with Crippen LogP contribution in [0.3, 0.4) is 0 Å².